The summed E-state index contributed by atoms with van der Waals surface area (Å²) < 4.78 is 0. The average molecular weight is 438 g/mol. The van der Waals surface area contributed by atoms with Crippen molar-refractivity contribution in [3.05, 3.63) is 51.2 Å². The van der Waals surface area contributed by atoms with Crippen molar-refractivity contribution in [1.82, 2.24) is 15.1 Å². The molecule has 31 heavy (non-hydrogen) atoms. The summed E-state index contributed by atoms with van der Waals surface area (Å²) in [6.45, 7) is 4.56. The third-order valence-electron chi connectivity index (χ3n) is 5.11. The largest absolute Gasteiger partial charge is 0.363 e. The molecule has 1 N–H and O–H groups in total. The first-order valence-corrected chi connectivity index (χ1v) is 11.3. The maximum Gasteiger partial charge on any atom is 0.266 e. The first-order valence-electron chi connectivity index (χ1n) is 10.5. The maximum atomic E-state index is 13.2. The van der Waals surface area contributed by atoms with E-state index in [1.807, 2.05) is 19.1 Å². The van der Waals surface area contributed by atoms with Crippen LogP contribution in [0.15, 0.2) is 35.3 Å². The lowest BCUT2D eigenvalue weighted by Gasteiger charge is -2.23. The zero-order valence-corrected chi connectivity index (χ0v) is 18.7. The molecule has 162 valence electrons. The minimum atomic E-state index is -0.223. The highest BCUT2D eigenvalue weighted by atomic mass is 32.1. The minimum Gasteiger partial charge on any atom is -0.363 e. The molecule has 1 aliphatic heterocycles. The molecule has 0 aliphatic carbocycles. The van der Waals surface area contributed by atoms with Gasteiger partial charge in [0.05, 0.1) is 28.5 Å². The van der Waals surface area contributed by atoms with E-state index in [-0.39, 0.29) is 11.8 Å². The predicted octanol–water partition coefficient (Wildman–Crippen LogP) is 3.79. The van der Waals surface area contributed by atoms with Crippen LogP contribution in [0.3, 0.4) is 0 Å². The Labute approximate surface area is 187 Å². The summed E-state index contributed by atoms with van der Waals surface area (Å²) in [4.78, 5) is 34.8. The lowest BCUT2D eigenvalue weighted by atomic mass is 10.1. The van der Waals surface area contributed by atoms with Gasteiger partial charge in [-0.25, -0.2) is 4.99 Å². The fourth-order valence-corrected chi connectivity index (χ4v) is 4.45. The highest BCUT2D eigenvalue weighted by Gasteiger charge is 2.23. The van der Waals surface area contributed by atoms with Gasteiger partial charge in [0.25, 0.3) is 11.8 Å². The van der Waals surface area contributed by atoms with Crippen LogP contribution >= 0.6 is 11.3 Å². The van der Waals surface area contributed by atoms with Crippen LogP contribution in [-0.2, 0) is 6.54 Å². The molecule has 3 rings (SSSR count). The van der Waals surface area contributed by atoms with E-state index in [0.717, 1.165) is 42.8 Å². The number of hydrogen-bond donors (Lipinski definition) is 1. The number of benzene rings is 1. The van der Waals surface area contributed by atoms with E-state index in [4.69, 9.17) is 0 Å². The summed E-state index contributed by atoms with van der Waals surface area (Å²) in [5.41, 5.74) is 1.82. The number of rotatable bonds is 7. The van der Waals surface area contributed by atoms with E-state index < -0.39 is 0 Å². The Bertz CT molecular complexity index is 1000. The second kappa shape index (κ2) is 10.7. The third kappa shape index (κ3) is 5.70. The summed E-state index contributed by atoms with van der Waals surface area (Å²) >= 11 is 1.15. The van der Waals surface area contributed by atoms with E-state index in [1.54, 1.807) is 36.5 Å². The molecule has 1 aliphatic rings. The lowest BCUT2D eigenvalue weighted by Crippen LogP contribution is -2.28. The van der Waals surface area contributed by atoms with Gasteiger partial charge in [0, 0.05) is 33.2 Å². The number of hydrogen-bond acceptors (Lipinski definition) is 5. The molecule has 0 saturated carbocycles. The van der Waals surface area contributed by atoms with Gasteiger partial charge < -0.3 is 15.1 Å². The van der Waals surface area contributed by atoms with Gasteiger partial charge in [0.15, 0.2) is 0 Å². The molecule has 1 saturated heterocycles. The van der Waals surface area contributed by atoms with Crippen LogP contribution in [0.25, 0.3) is 0 Å². The van der Waals surface area contributed by atoms with Crippen molar-refractivity contribution in [2.75, 3.05) is 26.7 Å². The Morgan fingerprint density at radius 3 is 2.74 bits per heavy atom. The highest BCUT2D eigenvalue weighted by Crippen LogP contribution is 2.31. The molecule has 1 aromatic carbocycles. The number of nitrogens with one attached hydrogen (secondary N) is 1. The molecule has 0 radical (unpaired) electrons. The van der Waals surface area contributed by atoms with Gasteiger partial charge in [0.2, 0.25) is 0 Å². The van der Waals surface area contributed by atoms with Gasteiger partial charge in [0.1, 0.15) is 4.88 Å². The molecule has 1 fully saturated rings. The number of aliphatic imine (C=N–C) groups is 1. The van der Waals surface area contributed by atoms with Crippen molar-refractivity contribution in [2.45, 2.75) is 32.7 Å². The second-order valence-electron chi connectivity index (χ2n) is 7.46. The van der Waals surface area contributed by atoms with E-state index >= 15 is 0 Å². The van der Waals surface area contributed by atoms with Crippen molar-refractivity contribution in [1.29, 1.82) is 5.26 Å². The monoisotopic (exact) mass is 437 g/mol. The van der Waals surface area contributed by atoms with Gasteiger partial charge in [-0.3, -0.25) is 9.59 Å². The van der Waals surface area contributed by atoms with E-state index in [1.165, 1.54) is 6.42 Å². The minimum absolute atomic E-state index is 0.210. The summed E-state index contributed by atoms with van der Waals surface area (Å²) in [5.74, 6) is -0.433. The Kier molecular flexibility index (Phi) is 7.79. The molecule has 0 atom stereocenters. The van der Waals surface area contributed by atoms with Crippen LogP contribution in [0.5, 0.6) is 0 Å². The van der Waals surface area contributed by atoms with Crippen LogP contribution in [0.1, 0.15) is 56.7 Å². The van der Waals surface area contributed by atoms with Crippen molar-refractivity contribution >= 4 is 35.2 Å². The van der Waals surface area contributed by atoms with Gasteiger partial charge in [-0.15, -0.1) is 11.3 Å². The summed E-state index contributed by atoms with van der Waals surface area (Å²) in [5, 5.41) is 12.1. The molecule has 8 heteroatoms. The number of carbonyl (C=O) groups excluding carboxylic acids is 2. The number of amides is 2. The number of nitriles is 1. The van der Waals surface area contributed by atoms with Crippen LogP contribution in [0.2, 0.25) is 0 Å². The van der Waals surface area contributed by atoms with Crippen LogP contribution in [0, 0.1) is 11.3 Å². The average Bonchev–Trinajstić information content (AvgIpc) is 3.22. The van der Waals surface area contributed by atoms with E-state index in [2.05, 4.69) is 21.3 Å². The SMILES string of the molecule is CCNC(=O)c1cc(/N=C/N2CCCCC2)c(C(=O)N(C)Cc2ccccc2C#N)s1. The van der Waals surface area contributed by atoms with Gasteiger partial charge in [-0.05, 0) is 43.9 Å². The van der Waals surface area contributed by atoms with Gasteiger partial charge in [-0.2, -0.15) is 5.26 Å². The Morgan fingerprint density at radius 2 is 2.03 bits per heavy atom. The zero-order valence-electron chi connectivity index (χ0n) is 17.9. The van der Waals surface area contributed by atoms with E-state index in [0.29, 0.717) is 34.1 Å². The molecule has 2 aromatic rings. The number of carbonyl (C=O) groups is 2. The van der Waals surface area contributed by atoms with Crippen molar-refractivity contribution in [3.63, 3.8) is 0 Å². The standard InChI is InChI=1S/C23H27N5O2S/c1-3-25-22(29)20-13-19(26-16-28-11-7-4-8-12-28)21(31-20)23(30)27(2)15-18-10-6-5-9-17(18)14-24/h5-6,9-10,13,16H,3-4,7-8,11-12,15H2,1-2H3,(H,25,29)/b26-16+. The Balaban J connectivity index is 1.86. The number of nitrogens with zero attached hydrogens (tertiary/aromatic N) is 4. The van der Waals surface area contributed by atoms with E-state index in [9.17, 15) is 14.9 Å². The van der Waals surface area contributed by atoms with Crippen molar-refractivity contribution in [2.24, 2.45) is 4.99 Å². The fourth-order valence-electron chi connectivity index (χ4n) is 3.44. The number of likely N-dealkylation sites (tertiary alicyclic amines) is 1. The Hall–Kier alpha value is -3.18. The summed E-state index contributed by atoms with van der Waals surface area (Å²) in [6, 6.07) is 11.1. The van der Waals surface area contributed by atoms with Crippen molar-refractivity contribution in [3.8, 4) is 6.07 Å². The van der Waals surface area contributed by atoms with Crippen molar-refractivity contribution < 1.29 is 9.59 Å². The maximum absolute atomic E-state index is 13.2. The molecule has 0 spiro atoms. The zero-order chi connectivity index (χ0) is 22.2. The van der Waals surface area contributed by atoms with Gasteiger partial charge >= 0.3 is 0 Å². The highest BCUT2D eigenvalue weighted by molar-refractivity contribution is 7.16. The predicted molar refractivity (Wildman–Crippen MR) is 123 cm³/mol. The normalized spacial score (nSPS) is 13.8. The topological polar surface area (TPSA) is 88.8 Å². The molecule has 0 unspecified atom stereocenters. The number of thiophene rings is 1. The second-order valence-corrected chi connectivity index (χ2v) is 8.51. The molecule has 0 bridgehead atoms. The first-order chi connectivity index (χ1) is 15.0. The summed E-state index contributed by atoms with van der Waals surface area (Å²) in [6.07, 6.45) is 5.27. The first kappa shape index (κ1) is 22.5. The quantitative estimate of drug-likeness (QED) is 0.527. The molecular formula is C23H27N5O2S. The molecule has 7 nitrogen and oxygen atoms in total. The number of piperidine rings is 1. The molecule has 1 aromatic heterocycles. The summed E-state index contributed by atoms with van der Waals surface area (Å²) in [7, 11) is 1.69. The fraction of sp³-hybridized carbons (Fsp3) is 0.391. The van der Waals surface area contributed by atoms with Crippen LogP contribution in [0.4, 0.5) is 5.69 Å². The van der Waals surface area contributed by atoms with Crippen LogP contribution in [-0.4, -0.2) is 54.6 Å². The smallest absolute Gasteiger partial charge is 0.266 e. The van der Waals surface area contributed by atoms with Crippen LogP contribution < -0.4 is 5.32 Å². The van der Waals surface area contributed by atoms with Gasteiger partial charge in [-0.1, -0.05) is 18.2 Å². The molecule has 2 amide bonds. The Morgan fingerprint density at radius 1 is 1.29 bits per heavy atom. The third-order valence-corrected chi connectivity index (χ3v) is 6.22. The molecule has 2 heterocycles. The molecular weight excluding hydrogens is 410 g/mol. The lowest BCUT2D eigenvalue weighted by molar-refractivity contribution is 0.0790.